The standard InChI is InChI=1S/C13H10ClFN2O3/c1-8-5-12(10(15)6-11(8)17(18)19)20-13-9(7-14)3-2-4-16-13/h2-6H,7H2,1H3. The van der Waals surface area contributed by atoms with E-state index < -0.39 is 10.7 Å². The molecular weight excluding hydrogens is 287 g/mol. The third-order valence-electron chi connectivity index (χ3n) is 2.65. The summed E-state index contributed by atoms with van der Waals surface area (Å²) < 4.78 is 19.2. The second kappa shape index (κ2) is 5.83. The summed E-state index contributed by atoms with van der Waals surface area (Å²) in [5.41, 5.74) is 0.604. The normalized spacial score (nSPS) is 10.3. The Balaban J connectivity index is 2.39. The molecule has 104 valence electrons. The van der Waals surface area contributed by atoms with Gasteiger partial charge in [0.05, 0.1) is 16.9 Å². The number of aromatic nitrogens is 1. The molecule has 0 aliphatic rings. The highest BCUT2D eigenvalue weighted by atomic mass is 35.5. The van der Waals surface area contributed by atoms with Gasteiger partial charge in [0.2, 0.25) is 5.88 Å². The zero-order chi connectivity index (χ0) is 14.7. The van der Waals surface area contributed by atoms with Crippen molar-refractivity contribution in [2.24, 2.45) is 0 Å². The Morgan fingerprint density at radius 2 is 2.25 bits per heavy atom. The van der Waals surface area contributed by atoms with Crippen LogP contribution >= 0.6 is 11.6 Å². The number of hydrogen-bond acceptors (Lipinski definition) is 4. The predicted molar refractivity (Wildman–Crippen MR) is 71.7 cm³/mol. The Bertz CT molecular complexity index is 664. The van der Waals surface area contributed by atoms with Gasteiger partial charge in [-0.2, -0.15) is 0 Å². The van der Waals surface area contributed by atoms with Gasteiger partial charge in [-0.05, 0) is 19.1 Å². The van der Waals surface area contributed by atoms with Crippen LogP contribution in [-0.2, 0) is 5.88 Å². The topological polar surface area (TPSA) is 65.3 Å². The molecule has 0 bridgehead atoms. The Hall–Kier alpha value is -2.21. The molecule has 0 spiro atoms. The second-order valence-electron chi connectivity index (χ2n) is 4.03. The maximum absolute atomic E-state index is 13.8. The van der Waals surface area contributed by atoms with Crippen molar-refractivity contribution in [3.63, 3.8) is 0 Å². The summed E-state index contributed by atoms with van der Waals surface area (Å²) in [6.45, 7) is 1.51. The number of pyridine rings is 1. The molecular formula is C13H10ClFN2O3. The van der Waals surface area contributed by atoms with Crippen LogP contribution in [0.15, 0.2) is 30.5 Å². The first-order valence-corrected chi connectivity index (χ1v) is 6.18. The van der Waals surface area contributed by atoms with Crippen LogP contribution in [0.3, 0.4) is 0 Å². The molecule has 7 heteroatoms. The lowest BCUT2D eigenvalue weighted by Gasteiger charge is -2.09. The largest absolute Gasteiger partial charge is 0.436 e. The Morgan fingerprint density at radius 3 is 2.90 bits per heavy atom. The highest BCUT2D eigenvalue weighted by Crippen LogP contribution is 2.31. The monoisotopic (exact) mass is 296 g/mol. The lowest BCUT2D eigenvalue weighted by molar-refractivity contribution is -0.385. The van der Waals surface area contributed by atoms with Crippen molar-refractivity contribution < 1.29 is 14.1 Å². The van der Waals surface area contributed by atoms with Gasteiger partial charge in [0.1, 0.15) is 0 Å². The van der Waals surface area contributed by atoms with E-state index in [0.717, 1.165) is 6.07 Å². The minimum atomic E-state index is -0.825. The molecule has 0 unspecified atom stereocenters. The molecule has 0 atom stereocenters. The molecule has 5 nitrogen and oxygen atoms in total. The minimum Gasteiger partial charge on any atom is -0.436 e. The van der Waals surface area contributed by atoms with E-state index in [1.54, 1.807) is 12.1 Å². The number of hydrogen-bond donors (Lipinski definition) is 0. The number of nitro benzene ring substituents is 1. The molecule has 0 aliphatic heterocycles. The van der Waals surface area contributed by atoms with Gasteiger partial charge in [-0.15, -0.1) is 11.6 Å². The number of rotatable bonds is 4. The highest BCUT2D eigenvalue weighted by molar-refractivity contribution is 6.17. The van der Waals surface area contributed by atoms with Gasteiger partial charge in [0.15, 0.2) is 11.6 Å². The third kappa shape index (κ3) is 2.85. The Morgan fingerprint density at radius 1 is 1.50 bits per heavy atom. The quantitative estimate of drug-likeness (QED) is 0.486. The maximum atomic E-state index is 13.8. The van der Waals surface area contributed by atoms with Gasteiger partial charge in [-0.1, -0.05) is 6.07 Å². The number of nitrogens with zero attached hydrogens (tertiary/aromatic N) is 2. The van der Waals surface area contributed by atoms with Crippen LogP contribution < -0.4 is 4.74 Å². The lowest BCUT2D eigenvalue weighted by atomic mass is 10.2. The molecule has 0 aliphatic carbocycles. The fraction of sp³-hybridized carbons (Fsp3) is 0.154. The van der Waals surface area contributed by atoms with Crippen molar-refractivity contribution in [1.82, 2.24) is 4.98 Å². The van der Waals surface area contributed by atoms with Gasteiger partial charge in [-0.3, -0.25) is 10.1 Å². The zero-order valence-electron chi connectivity index (χ0n) is 10.5. The van der Waals surface area contributed by atoms with Crippen LogP contribution in [0.1, 0.15) is 11.1 Å². The number of alkyl halides is 1. The Kier molecular flexibility index (Phi) is 4.14. The first-order chi connectivity index (χ1) is 9.52. The highest BCUT2D eigenvalue weighted by Gasteiger charge is 2.17. The van der Waals surface area contributed by atoms with Crippen LogP contribution in [0, 0.1) is 22.9 Å². The molecule has 1 heterocycles. The fourth-order valence-corrected chi connectivity index (χ4v) is 1.84. The van der Waals surface area contributed by atoms with E-state index in [2.05, 4.69) is 4.98 Å². The lowest BCUT2D eigenvalue weighted by Crippen LogP contribution is -1.98. The van der Waals surface area contributed by atoms with Gasteiger partial charge in [0, 0.05) is 17.3 Å². The second-order valence-corrected chi connectivity index (χ2v) is 4.30. The first kappa shape index (κ1) is 14.2. The van der Waals surface area contributed by atoms with Crippen molar-refractivity contribution in [1.29, 1.82) is 0 Å². The molecule has 2 aromatic rings. The van der Waals surface area contributed by atoms with Crippen LogP contribution in [-0.4, -0.2) is 9.91 Å². The number of halogens is 2. The summed E-state index contributed by atoms with van der Waals surface area (Å²) in [6, 6.07) is 5.47. The molecule has 1 aromatic heterocycles. The van der Waals surface area contributed by atoms with Gasteiger partial charge < -0.3 is 4.74 Å². The SMILES string of the molecule is Cc1cc(Oc2ncccc2CCl)c(F)cc1[N+](=O)[O-]. The first-order valence-electron chi connectivity index (χ1n) is 5.65. The fourth-order valence-electron chi connectivity index (χ4n) is 1.64. The average Bonchev–Trinajstić information content (AvgIpc) is 2.42. The summed E-state index contributed by atoms with van der Waals surface area (Å²) in [5.74, 6) is -0.613. The predicted octanol–water partition coefficient (Wildman–Crippen LogP) is 3.97. The van der Waals surface area contributed by atoms with Crippen molar-refractivity contribution in [2.45, 2.75) is 12.8 Å². The van der Waals surface area contributed by atoms with E-state index in [4.69, 9.17) is 16.3 Å². The smallest absolute Gasteiger partial charge is 0.275 e. The third-order valence-corrected chi connectivity index (χ3v) is 2.94. The van der Waals surface area contributed by atoms with Crippen molar-refractivity contribution in [3.8, 4) is 11.6 Å². The molecule has 0 saturated carbocycles. The zero-order valence-corrected chi connectivity index (χ0v) is 11.2. The number of ether oxygens (including phenoxy) is 1. The van der Waals surface area contributed by atoms with Crippen molar-refractivity contribution in [2.75, 3.05) is 0 Å². The molecule has 0 N–H and O–H groups in total. The molecule has 1 aromatic carbocycles. The molecule has 0 amide bonds. The molecule has 20 heavy (non-hydrogen) atoms. The van der Waals surface area contributed by atoms with Crippen LogP contribution in [0.25, 0.3) is 0 Å². The van der Waals surface area contributed by atoms with Crippen LogP contribution in [0.2, 0.25) is 0 Å². The van der Waals surface area contributed by atoms with E-state index >= 15 is 0 Å². The molecule has 0 radical (unpaired) electrons. The van der Waals surface area contributed by atoms with E-state index in [9.17, 15) is 14.5 Å². The summed E-state index contributed by atoms with van der Waals surface area (Å²) >= 11 is 5.73. The molecule has 0 saturated heterocycles. The van der Waals surface area contributed by atoms with Gasteiger partial charge >= 0.3 is 0 Å². The summed E-state index contributed by atoms with van der Waals surface area (Å²) in [7, 11) is 0. The van der Waals surface area contributed by atoms with E-state index in [1.807, 2.05) is 0 Å². The van der Waals surface area contributed by atoms with Crippen molar-refractivity contribution in [3.05, 3.63) is 57.5 Å². The van der Waals surface area contributed by atoms with Crippen LogP contribution in [0.4, 0.5) is 10.1 Å². The molecule has 0 fully saturated rings. The number of benzene rings is 1. The number of nitro groups is 1. The van der Waals surface area contributed by atoms with E-state index in [0.29, 0.717) is 11.1 Å². The van der Waals surface area contributed by atoms with Crippen LogP contribution in [0.5, 0.6) is 11.6 Å². The number of aryl methyl sites for hydroxylation is 1. The maximum Gasteiger partial charge on any atom is 0.275 e. The summed E-state index contributed by atoms with van der Waals surface area (Å²) in [6.07, 6.45) is 1.49. The average molecular weight is 297 g/mol. The Labute approximate surface area is 119 Å². The van der Waals surface area contributed by atoms with Gasteiger partial charge in [0.25, 0.3) is 5.69 Å². The summed E-state index contributed by atoms with van der Waals surface area (Å²) in [5, 5.41) is 10.7. The van der Waals surface area contributed by atoms with E-state index in [1.165, 1.54) is 19.2 Å². The minimum absolute atomic E-state index is 0.127. The van der Waals surface area contributed by atoms with Gasteiger partial charge in [-0.25, -0.2) is 9.37 Å². The summed E-state index contributed by atoms with van der Waals surface area (Å²) in [4.78, 5) is 14.0. The van der Waals surface area contributed by atoms with Crippen molar-refractivity contribution >= 4 is 17.3 Å². The molecule has 2 rings (SSSR count). The van der Waals surface area contributed by atoms with E-state index in [-0.39, 0.29) is 23.2 Å².